The maximum atomic E-state index is 5.77. The number of hydrogen-bond donors (Lipinski definition) is 0. The number of unbranched alkanes of at least 4 members (excludes halogenated alkanes) is 1. The van der Waals surface area contributed by atoms with E-state index in [2.05, 4.69) is 100 Å². The van der Waals surface area contributed by atoms with Crippen LogP contribution in [0.5, 0.6) is 11.5 Å². The Bertz CT molecular complexity index is 1300. The van der Waals surface area contributed by atoms with Crippen LogP contribution in [0.3, 0.4) is 0 Å². The van der Waals surface area contributed by atoms with Crippen molar-refractivity contribution >= 4 is 0 Å². The Balaban J connectivity index is 1.50. The van der Waals surface area contributed by atoms with Gasteiger partial charge in [0.1, 0.15) is 0 Å². The highest BCUT2D eigenvalue weighted by Gasteiger charge is 2.50. The van der Waals surface area contributed by atoms with Crippen LogP contribution in [0.1, 0.15) is 42.0 Å². The number of aromatic nitrogens is 2. The second-order valence-corrected chi connectivity index (χ2v) is 9.96. The van der Waals surface area contributed by atoms with Crippen molar-refractivity contribution in [3.8, 4) is 11.5 Å². The first kappa shape index (κ1) is 22.9. The van der Waals surface area contributed by atoms with Gasteiger partial charge in [0, 0.05) is 30.4 Å². The molecular weight excluding hydrogens is 446 g/mol. The highest BCUT2D eigenvalue weighted by molar-refractivity contribution is 5.54. The number of ether oxygens (including phenoxy) is 2. The fraction of sp³-hybridized carbons (Fsp3) is 0.323. The average molecular weight is 480 g/mol. The van der Waals surface area contributed by atoms with Gasteiger partial charge in [0.25, 0.3) is 0 Å². The van der Waals surface area contributed by atoms with Gasteiger partial charge in [-0.05, 0) is 53.6 Å². The molecule has 0 bridgehead atoms. The number of benzene rings is 3. The summed E-state index contributed by atoms with van der Waals surface area (Å²) in [5.41, 5.74) is 5.32. The molecule has 0 saturated heterocycles. The summed E-state index contributed by atoms with van der Waals surface area (Å²) in [4.78, 5) is 7.01. The van der Waals surface area contributed by atoms with E-state index >= 15 is 0 Å². The Labute approximate surface area is 213 Å². The van der Waals surface area contributed by atoms with Gasteiger partial charge in [-0.25, -0.2) is 4.98 Å². The summed E-state index contributed by atoms with van der Waals surface area (Å²) in [5, 5.41) is 0. The number of fused-ring (bicyclic) bond motifs is 2. The van der Waals surface area contributed by atoms with E-state index in [0.717, 1.165) is 44.0 Å². The number of rotatable bonds is 9. The summed E-state index contributed by atoms with van der Waals surface area (Å²) in [7, 11) is 0. The van der Waals surface area contributed by atoms with Crippen LogP contribution in [0.25, 0.3) is 0 Å². The third-order valence-electron chi connectivity index (χ3n) is 7.83. The van der Waals surface area contributed by atoms with Crippen LogP contribution < -0.4 is 9.47 Å². The van der Waals surface area contributed by atoms with Gasteiger partial charge < -0.3 is 14.0 Å². The molecule has 6 rings (SSSR count). The fourth-order valence-corrected chi connectivity index (χ4v) is 6.17. The maximum Gasteiger partial charge on any atom is 0.231 e. The first-order valence-corrected chi connectivity index (χ1v) is 13.0. The lowest BCUT2D eigenvalue weighted by Crippen LogP contribution is -2.51. The zero-order valence-corrected chi connectivity index (χ0v) is 20.8. The van der Waals surface area contributed by atoms with Crippen LogP contribution in [0, 0.1) is 0 Å². The molecule has 0 spiro atoms. The summed E-state index contributed by atoms with van der Waals surface area (Å²) in [5.74, 6) is 1.68. The largest absolute Gasteiger partial charge is 0.454 e. The molecule has 2 aliphatic rings. The van der Waals surface area contributed by atoms with Crippen LogP contribution in [0.2, 0.25) is 0 Å². The third-order valence-corrected chi connectivity index (χ3v) is 7.83. The van der Waals surface area contributed by atoms with Crippen molar-refractivity contribution in [1.82, 2.24) is 14.5 Å². The van der Waals surface area contributed by atoms with Crippen molar-refractivity contribution in [2.45, 2.75) is 50.7 Å². The van der Waals surface area contributed by atoms with Crippen molar-refractivity contribution in [2.24, 2.45) is 0 Å². The standard InChI is InChI=1S/C31H33N3O2/c1-2-3-16-34(22-33-17-15-32-21-33)30-19-25-9-7-8-12-27(25)31(30,26-10-5-4-6-11-26)20-24-13-14-28-29(18-24)36-23-35-28/h4-15,17-18,21,30H,2-3,16,19-20,22-23H2,1H3. The van der Waals surface area contributed by atoms with Crippen LogP contribution >= 0.6 is 0 Å². The van der Waals surface area contributed by atoms with E-state index in [1.165, 1.54) is 28.7 Å². The molecule has 36 heavy (non-hydrogen) atoms. The van der Waals surface area contributed by atoms with Crippen LogP contribution in [-0.2, 0) is 24.9 Å². The molecule has 0 radical (unpaired) electrons. The summed E-state index contributed by atoms with van der Waals surface area (Å²) < 4.78 is 13.6. The number of hydrogen-bond acceptors (Lipinski definition) is 4. The molecule has 4 aromatic rings. The minimum absolute atomic E-state index is 0.195. The molecule has 2 heterocycles. The Morgan fingerprint density at radius 3 is 2.67 bits per heavy atom. The minimum atomic E-state index is -0.195. The van der Waals surface area contributed by atoms with E-state index < -0.39 is 0 Å². The molecule has 0 fully saturated rings. The quantitative estimate of drug-likeness (QED) is 0.303. The first-order chi connectivity index (χ1) is 17.8. The molecule has 3 aromatic carbocycles. The third kappa shape index (κ3) is 4.07. The lowest BCUT2D eigenvalue weighted by molar-refractivity contribution is 0.107. The van der Waals surface area contributed by atoms with Crippen molar-refractivity contribution < 1.29 is 9.47 Å². The molecule has 5 heteroatoms. The Kier molecular flexibility index (Phi) is 6.24. The predicted molar refractivity (Wildman–Crippen MR) is 141 cm³/mol. The van der Waals surface area contributed by atoms with Gasteiger partial charge in [0.15, 0.2) is 11.5 Å². The second-order valence-electron chi connectivity index (χ2n) is 9.96. The minimum Gasteiger partial charge on any atom is -0.454 e. The summed E-state index contributed by atoms with van der Waals surface area (Å²) in [6, 6.07) is 26.9. The van der Waals surface area contributed by atoms with E-state index in [9.17, 15) is 0 Å². The van der Waals surface area contributed by atoms with Crippen molar-refractivity contribution in [3.05, 3.63) is 114 Å². The average Bonchev–Trinajstić information content (AvgIpc) is 3.67. The van der Waals surface area contributed by atoms with Crippen LogP contribution in [0.15, 0.2) is 91.5 Å². The molecule has 2 atom stereocenters. The highest BCUT2D eigenvalue weighted by Crippen LogP contribution is 2.49. The molecule has 5 nitrogen and oxygen atoms in total. The summed E-state index contributed by atoms with van der Waals surface area (Å²) in [6.07, 6.45) is 10.1. The smallest absolute Gasteiger partial charge is 0.231 e. The Hall–Kier alpha value is -3.57. The van der Waals surface area contributed by atoms with Gasteiger partial charge in [0.2, 0.25) is 6.79 Å². The molecule has 1 aliphatic heterocycles. The molecule has 0 saturated carbocycles. The molecule has 1 aliphatic carbocycles. The van der Waals surface area contributed by atoms with E-state index in [1.807, 2.05) is 12.5 Å². The molecule has 0 amide bonds. The predicted octanol–water partition coefficient (Wildman–Crippen LogP) is 5.83. The van der Waals surface area contributed by atoms with Gasteiger partial charge in [0.05, 0.1) is 13.0 Å². The monoisotopic (exact) mass is 479 g/mol. The highest BCUT2D eigenvalue weighted by atomic mass is 16.7. The second kappa shape index (κ2) is 9.82. The SMILES string of the molecule is CCCCN(Cn1ccnc1)C1Cc2ccccc2C1(Cc1ccc2c(c1)OCO2)c1ccccc1. The van der Waals surface area contributed by atoms with Crippen molar-refractivity contribution in [3.63, 3.8) is 0 Å². The Morgan fingerprint density at radius 2 is 1.83 bits per heavy atom. The summed E-state index contributed by atoms with van der Waals surface area (Å²) >= 11 is 0. The normalized spacial score (nSPS) is 20.1. The van der Waals surface area contributed by atoms with E-state index in [1.54, 1.807) is 0 Å². The van der Waals surface area contributed by atoms with Crippen LogP contribution in [-0.4, -0.2) is 33.8 Å². The van der Waals surface area contributed by atoms with E-state index in [4.69, 9.17) is 9.47 Å². The molecule has 2 unspecified atom stereocenters. The van der Waals surface area contributed by atoms with Crippen LogP contribution in [0.4, 0.5) is 0 Å². The zero-order chi connectivity index (χ0) is 24.4. The molecular formula is C31H33N3O2. The Morgan fingerprint density at radius 1 is 1.00 bits per heavy atom. The molecule has 184 valence electrons. The van der Waals surface area contributed by atoms with Gasteiger partial charge in [-0.1, -0.05) is 74.0 Å². The van der Waals surface area contributed by atoms with Crippen molar-refractivity contribution in [2.75, 3.05) is 13.3 Å². The number of imidazole rings is 1. The van der Waals surface area contributed by atoms with Gasteiger partial charge in [-0.2, -0.15) is 0 Å². The fourth-order valence-electron chi connectivity index (χ4n) is 6.17. The first-order valence-electron chi connectivity index (χ1n) is 13.0. The van der Waals surface area contributed by atoms with E-state index in [0.29, 0.717) is 12.8 Å². The van der Waals surface area contributed by atoms with Gasteiger partial charge in [-0.3, -0.25) is 4.90 Å². The van der Waals surface area contributed by atoms with E-state index in [-0.39, 0.29) is 5.41 Å². The van der Waals surface area contributed by atoms with Crippen molar-refractivity contribution in [1.29, 1.82) is 0 Å². The number of nitrogens with zero attached hydrogens (tertiary/aromatic N) is 3. The van der Waals surface area contributed by atoms with Gasteiger partial charge in [-0.15, -0.1) is 0 Å². The molecule has 0 N–H and O–H groups in total. The summed E-state index contributed by atoms with van der Waals surface area (Å²) in [6.45, 7) is 4.44. The zero-order valence-electron chi connectivity index (χ0n) is 20.8. The lowest BCUT2D eigenvalue weighted by Gasteiger charge is -2.44. The lowest BCUT2D eigenvalue weighted by atomic mass is 9.68. The van der Waals surface area contributed by atoms with Gasteiger partial charge >= 0.3 is 0 Å². The topological polar surface area (TPSA) is 39.5 Å². The maximum absolute atomic E-state index is 5.77. The molecule has 1 aromatic heterocycles.